The number of hydrogen-bond donors (Lipinski definition) is 2. The standard InChI is InChI=1S/C16H17ClN4O/c17-12-3-1-2-11(10-12)6-8-18-16-19-9-7-14(21-16)15(22)20-13-4-5-13/h1-3,7,9-10,13H,4-6,8H2,(H,20,22)(H,18,19,21). The fourth-order valence-corrected chi connectivity index (χ4v) is 2.28. The highest BCUT2D eigenvalue weighted by Gasteiger charge is 2.24. The molecule has 5 nitrogen and oxygen atoms in total. The molecule has 0 atom stereocenters. The number of nitrogens with zero attached hydrogens (tertiary/aromatic N) is 2. The van der Waals surface area contributed by atoms with Gasteiger partial charge in [-0.05, 0) is 43.0 Å². The fraction of sp³-hybridized carbons (Fsp3) is 0.312. The zero-order valence-electron chi connectivity index (χ0n) is 12.1. The molecule has 1 saturated carbocycles. The number of hydrogen-bond acceptors (Lipinski definition) is 4. The second-order valence-electron chi connectivity index (χ2n) is 5.32. The minimum absolute atomic E-state index is 0.136. The molecule has 1 aliphatic carbocycles. The van der Waals surface area contributed by atoms with Crippen LogP contribution < -0.4 is 10.6 Å². The first kappa shape index (κ1) is 14.8. The number of aromatic nitrogens is 2. The molecule has 1 fully saturated rings. The Morgan fingerprint density at radius 2 is 2.18 bits per heavy atom. The average molecular weight is 317 g/mol. The Labute approximate surface area is 134 Å². The van der Waals surface area contributed by atoms with Crippen LogP contribution in [0.5, 0.6) is 0 Å². The minimum atomic E-state index is -0.136. The molecule has 0 bridgehead atoms. The van der Waals surface area contributed by atoms with Crippen LogP contribution in [0.3, 0.4) is 0 Å². The highest BCUT2D eigenvalue weighted by atomic mass is 35.5. The Morgan fingerprint density at radius 3 is 2.95 bits per heavy atom. The maximum atomic E-state index is 11.9. The van der Waals surface area contributed by atoms with Crippen molar-refractivity contribution in [2.24, 2.45) is 0 Å². The number of nitrogens with one attached hydrogen (secondary N) is 2. The van der Waals surface area contributed by atoms with Crippen LogP contribution in [0.25, 0.3) is 0 Å². The van der Waals surface area contributed by atoms with Crippen molar-refractivity contribution in [3.05, 3.63) is 52.8 Å². The first-order valence-electron chi connectivity index (χ1n) is 7.33. The van der Waals surface area contributed by atoms with Crippen LogP contribution in [0.15, 0.2) is 36.5 Å². The number of benzene rings is 1. The van der Waals surface area contributed by atoms with E-state index in [-0.39, 0.29) is 5.91 Å². The number of amides is 1. The number of anilines is 1. The van der Waals surface area contributed by atoms with Gasteiger partial charge in [0, 0.05) is 23.8 Å². The summed E-state index contributed by atoms with van der Waals surface area (Å²) < 4.78 is 0. The molecule has 3 rings (SSSR count). The predicted octanol–water partition coefficient (Wildman–Crippen LogP) is 2.68. The van der Waals surface area contributed by atoms with E-state index >= 15 is 0 Å². The summed E-state index contributed by atoms with van der Waals surface area (Å²) in [4.78, 5) is 20.3. The van der Waals surface area contributed by atoms with Crippen LogP contribution in [0.2, 0.25) is 5.02 Å². The molecule has 2 aromatic rings. The van der Waals surface area contributed by atoms with Crippen LogP contribution in [-0.4, -0.2) is 28.5 Å². The lowest BCUT2D eigenvalue weighted by atomic mass is 10.1. The van der Waals surface area contributed by atoms with Crippen LogP contribution in [-0.2, 0) is 6.42 Å². The molecule has 1 heterocycles. The maximum absolute atomic E-state index is 11.9. The summed E-state index contributed by atoms with van der Waals surface area (Å²) >= 11 is 5.95. The molecule has 1 aromatic heterocycles. The van der Waals surface area contributed by atoms with Crippen molar-refractivity contribution < 1.29 is 4.79 Å². The Kier molecular flexibility index (Phi) is 4.53. The van der Waals surface area contributed by atoms with E-state index in [0.717, 1.165) is 29.8 Å². The van der Waals surface area contributed by atoms with Crippen molar-refractivity contribution >= 4 is 23.5 Å². The zero-order valence-corrected chi connectivity index (χ0v) is 12.8. The van der Waals surface area contributed by atoms with Gasteiger partial charge in [-0.3, -0.25) is 4.79 Å². The van der Waals surface area contributed by atoms with Crippen LogP contribution >= 0.6 is 11.6 Å². The number of carbonyl (C=O) groups excluding carboxylic acids is 1. The quantitative estimate of drug-likeness (QED) is 0.860. The number of carbonyl (C=O) groups is 1. The highest BCUT2D eigenvalue weighted by molar-refractivity contribution is 6.30. The third-order valence-corrected chi connectivity index (χ3v) is 3.62. The summed E-state index contributed by atoms with van der Waals surface area (Å²) in [6.45, 7) is 0.675. The van der Waals surface area contributed by atoms with Gasteiger partial charge in [-0.2, -0.15) is 0 Å². The first-order valence-corrected chi connectivity index (χ1v) is 7.71. The van der Waals surface area contributed by atoms with E-state index in [1.54, 1.807) is 12.3 Å². The SMILES string of the molecule is O=C(NC1CC1)c1ccnc(NCCc2cccc(Cl)c2)n1. The van der Waals surface area contributed by atoms with E-state index < -0.39 is 0 Å². The van der Waals surface area contributed by atoms with Gasteiger partial charge in [-0.1, -0.05) is 23.7 Å². The zero-order chi connectivity index (χ0) is 15.4. The number of halogens is 1. The summed E-state index contributed by atoms with van der Waals surface area (Å²) in [5.41, 5.74) is 1.54. The largest absolute Gasteiger partial charge is 0.354 e. The van der Waals surface area contributed by atoms with E-state index in [1.807, 2.05) is 24.3 Å². The monoisotopic (exact) mass is 316 g/mol. The average Bonchev–Trinajstić information content (AvgIpc) is 3.32. The molecule has 1 aliphatic rings. The molecule has 22 heavy (non-hydrogen) atoms. The van der Waals surface area contributed by atoms with E-state index in [9.17, 15) is 4.79 Å². The maximum Gasteiger partial charge on any atom is 0.270 e. The van der Waals surface area contributed by atoms with Crippen LogP contribution in [0, 0.1) is 0 Å². The van der Waals surface area contributed by atoms with Gasteiger partial charge in [0.25, 0.3) is 5.91 Å². The van der Waals surface area contributed by atoms with E-state index in [1.165, 1.54) is 0 Å². The van der Waals surface area contributed by atoms with Gasteiger partial charge in [-0.15, -0.1) is 0 Å². The predicted molar refractivity (Wildman–Crippen MR) is 86.2 cm³/mol. The Bertz CT molecular complexity index is 673. The van der Waals surface area contributed by atoms with Gasteiger partial charge < -0.3 is 10.6 Å². The van der Waals surface area contributed by atoms with Gasteiger partial charge in [0.15, 0.2) is 0 Å². The molecule has 1 aromatic carbocycles. The molecule has 0 spiro atoms. The van der Waals surface area contributed by atoms with Crippen molar-refractivity contribution in [2.75, 3.05) is 11.9 Å². The minimum Gasteiger partial charge on any atom is -0.354 e. The van der Waals surface area contributed by atoms with Crippen molar-refractivity contribution in [3.63, 3.8) is 0 Å². The molecular weight excluding hydrogens is 300 g/mol. The Morgan fingerprint density at radius 1 is 1.32 bits per heavy atom. The summed E-state index contributed by atoms with van der Waals surface area (Å²) in [6, 6.07) is 9.68. The number of rotatable bonds is 6. The lowest BCUT2D eigenvalue weighted by Crippen LogP contribution is -2.26. The van der Waals surface area contributed by atoms with Gasteiger partial charge in [-0.25, -0.2) is 9.97 Å². The summed E-state index contributed by atoms with van der Waals surface area (Å²) in [5.74, 6) is 0.327. The first-order chi connectivity index (χ1) is 10.7. The molecule has 6 heteroatoms. The molecule has 2 N–H and O–H groups in total. The summed E-state index contributed by atoms with van der Waals surface area (Å²) in [6.07, 6.45) is 4.52. The van der Waals surface area contributed by atoms with Crippen molar-refractivity contribution in [1.29, 1.82) is 0 Å². The normalized spacial score (nSPS) is 13.7. The second-order valence-corrected chi connectivity index (χ2v) is 5.76. The fourth-order valence-electron chi connectivity index (χ4n) is 2.07. The molecule has 0 unspecified atom stereocenters. The molecule has 0 aliphatic heterocycles. The molecule has 0 radical (unpaired) electrons. The second kappa shape index (κ2) is 6.75. The highest BCUT2D eigenvalue weighted by Crippen LogP contribution is 2.19. The lowest BCUT2D eigenvalue weighted by Gasteiger charge is -2.07. The lowest BCUT2D eigenvalue weighted by molar-refractivity contribution is 0.0946. The third kappa shape index (κ3) is 4.18. The van der Waals surface area contributed by atoms with E-state index in [4.69, 9.17) is 11.6 Å². The molecular formula is C16H17ClN4O. The van der Waals surface area contributed by atoms with E-state index in [0.29, 0.717) is 24.2 Å². The Hall–Kier alpha value is -2.14. The van der Waals surface area contributed by atoms with Gasteiger partial charge in [0.05, 0.1) is 0 Å². The molecule has 0 saturated heterocycles. The van der Waals surface area contributed by atoms with Crippen LogP contribution in [0.1, 0.15) is 28.9 Å². The van der Waals surface area contributed by atoms with Crippen molar-refractivity contribution in [3.8, 4) is 0 Å². The molecule has 114 valence electrons. The summed E-state index contributed by atoms with van der Waals surface area (Å²) in [5, 5.41) is 6.77. The van der Waals surface area contributed by atoms with Crippen molar-refractivity contribution in [2.45, 2.75) is 25.3 Å². The van der Waals surface area contributed by atoms with Crippen LogP contribution in [0.4, 0.5) is 5.95 Å². The van der Waals surface area contributed by atoms with Gasteiger partial charge in [0.2, 0.25) is 5.95 Å². The van der Waals surface area contributed by atoms with Crippen molar-refractivity contribution in [1.82, 2.24) is 15.3 Å². The topological polar surface area (TPSA) is 66.9 Å². The van der Waals surface area contributed by atoms with Gasteiger partial charge in [0.1, 0.15) is 5.69 Å². The smallest absolute Gasteiger partial charge is 0.270 e. The third-order valence-electron chi connectivity index (χ3n) is 3.39. The van der Waals surface area contributed by atoms with E-state index in [2.05, 4.69) is 20.6 Å². The van der Waals surface area contributed by atoms with Gasteiger partial charge >= 0.3 is 0 Å². The molecule has 1 amide bonds. The summed E-state index contributed by atoms with van der Waals surface area (Å²) in [7, 11) is 0. The Balaban J connectivity index is 1.54.